The Labute approximate surface area is 258 Å². The quantitative estimate of drug-likeness (QED) is 0.230. The molecule has 1 aliphatic rings. The Balaban J connectivity index is 0.000000232. The maximum atomic E-state index is 11.2. The molecule has 15 heteroatoms. The Kier molecular flexibility index (Phi) is 13.2. The molecule has 43 heavy (non-hydrogen) atoms. The monoisotopic (exact) mass is 668 g/mol. The number of nitrogens with zero attached hydrogens (tertiary/aromatic N) is 2. The lowest BCUT2D eigenvalue weighted by Crippen LogP contribution is -2.34. The Morgan fingerprint density at radius 2 is 1.56 bits per heavy atom. The van der Waals surface area contributed by atoms with E-state index >= 15 is 0 Å². The van der Waals surface area contributed by atoms with Gasteiger partial charge in [-0.05, 0) is 47.2 Å². The topological polar surface area (TPSA) is 194 Å². The minimum Gasteiger partial charge on any atom is -0.468 e. The van der Waals surface area contributed by atoms with E-state index in [0.29, 0.717) is 18.0 Å². The number of methoxy groups -OCH3 is 1. The number of hydrogen-bond donors (Lipinski definition) is 2. The molecule has 0 atom stereocenters. The maximum Gasteiger partial charge on any atom is 0.319 e. The third-order valence-electron chi connectivity index (χ3n) is 6.09. The number of thiophene rings is 1. The van der Waals surface area contributed by atoms with Crippen LogP contribution in [0.3, 0.4) is 0 Å². The number of fused-ring (bicyclic) bond motifs is 2. The summed E-state index contributed by atoms with van der Waals surface area (Å²) in [5, 5.41) is 11.2. The van der Waals surface area contributed by atoms with Crippen molar-refractivity contribution < 1.29 is 40.9 Å². The van der Waals surface area contributed by atoms with Crippen LogP contribution in [0, 0.1) is 11.3 Å². The van der Waals surface area contributed by atoms with Gasteiger partial charge >= 0.3 is 5.97 Å². The van der Waals surface area contributed by atoms with Gasteiger partial charge in [0.25, 0.3) is 20.2 Å². The molecule has 0 radical (unpaired) electrons. The van der Waals surface area contributed by atoms with Crippen molar-refractivity contribution in [3.8, 4) is 6.07 Å². The Morgan fingerprint density at radius 1 is 0.977 bits per heavy atom. The van der Waals surface area contributed by atoms with Crippen molar-refractivity contribution in [2.45, 2.75) is 29.2 Å². The number of hydrogen-bond acceptors (Lipinski definition) is 9. The largest absolute Gasteiger partial charge is 0.468 e. The number of esters is 1. The fourth-order valence-electron chi connectivity index (χ4n) is 4.12. The van der Waals surface area contributed by atoms with Gasteiger partial charge < -0.3 is 10.2 Å². The Morgan fingerprint density at radius 3 is 2.07 bits per heavy atom. The molecular formula is C28H29ClN2O9S3. The first-order valence-corrected chi connectivity index (χ1v) is 16.4. The number of halogens is 1. The van der Waals surface area contributed by atoms with E-state index in [-0.39, 0.29) is 22.2 Å². The van der Waals surface area contributed by atoms with Crippen LogP contribution in [0.4, 0.5) is 0 Å². The lowest BCUT2D eigenvalue weighted by molar-refractivity contribution is -0.142. The average molecular weight is 669 g/mol. The van der Waals surface area contributed by atoms with E-state index in [1.807, 2.05) is 35.6 Å². The van der Waals surface area contributed by atoms with Crippen molar-refractivity contribution >= 4 is 59.9 Å². The number of ether oxygens (including phenoxy) is 1. The normalized spacial score (nSPS) is 12.7. The van der Waals surface area contributed by atoms with E-state index in [0.717, 1.165) is 37.2 Å². The summed E-state index contributed by atoms with van der Waals surface area (Å²) < 4.78 is 67.3. The second-order valence-corrected chi connectivity index (χ2v) is 13.1. The van der Waals surface area contributed by atoms with Crippen LogP contribution >= 0.6 is 22.9 Å². The highest BCUT2D eigenvalue weighted by molar-refractivity contribution is 7.86. The molecule has 3 aromatic carbocycles. The fourth-order valence-corrected chi connectivity index (χ4v) is 6.62. The van der Waals surface area contributed by atoms with E-state index in [4.69, 9.17) is 26.0 Å². The predicted molar refractivity (Wildman–Crippen MR) is 163 cm³/mol. The fraction of sp³-hybridized carbons (Fsp3) is 0.214. The molecule has 0 saturated carbocycles. The van der Waals surface area contributed by atoms with Gasteiger partial charge in [0.15, 0.2) is 0 Å². The van der Waals surface area contributed by atoms with Crippen LogP contribution in [0.2, 0.25) is 5.02 Å². The summed E-state index contributed by atoms with van der Waals surface area (Å²) >= 11 is 7.56. The van der Waals surface area contributed by atoms with E-state index in [1.54, 1.807) is 6.07 Å². The van der Waals surface area contributed by atoms with Gasteiger partial charge in [-0.3, -0.25) is 18.8 Å². The molecule has 0 unspecified atom stereocenters. The highest BCUT2D eigenvalue weighted by atomic mass is 35.5. The molecule has 0 saturated heterocycles. The third kappa shape index (κ3) is 10.1. The van der Waals surface area contributed by atoms with Crippen molar-refractivity contribution in [2.24, 2.45) is 0 Å². The predicted octanol–water partition coefficient (Wildman–Crippen LogP) is 4.19. The standard InChI is InChI=1S/C10H13NO2S.C10H8O6S2.C8H6ClN.H2O/c1-13-10(12)7-11-4-2-9-8(6-11)3-5-14-9;11-17(12,13)9-5-1-3-7-8(9)4-2-6-10(7)18(14,15)16;9-8-4-2-1-3-7(8)5-6-10;/h3,5H,2,4,6-7H2,1H3;1-6H,(H,11,12,13)(H,14,15,16);1-4H,5H2;1H2. The Hall–Kier alpha value is -3.39. The van der Waals surface area contributed by atoms with Crippen molar-refractivity contribution in [1.82, 2.24) is 4.90 Å². The van der Waals surface area contributed by atoms with Crippen LogP contribution in [0.25, 0.3) is 10.8 Å². The van der Waals surface area contributed by atoms with Gasteiger partial charge in [-0.1, -0.05) is 54.1 Å². The zero-order valence-corrected chi connectivity index (χ0v) is 26.0. The van der Waals surface area contributed by atoms with E-state index in [1.165, 1.54) is 41.8 Å². The third-order valence-corrected chi connectivity index (χ3v) is 9.31. The van der Waals surface area contributed by atoms with Gasteiger partial charge in [0, 0.05) is 33.8 Å². The summed E-state index contributed by atoms with van der Waals surface area (Å²) in [6.45, 7) is 2.25. The van der Waals surface area contributed by atoms with Crippen LogP contribution in [0.5, 0.6) is 0 Å². The molecular weight excluding hydrogens is 640 g/mol. The maximum absolute atomic E-state index is 11.2. The second kappa shape index (κ2) is 15.9. The van der Waals surface area contributed by atoms with Gasteiger partial charge in [-0.25, -0.2) is 0 Å². The van der Waals surface area contributed by atoms with Gasteiger partial charge in [0.2, 0.25) is 0 Å². The van der Waals surface area contributed by atoms with Gasteiger partial charge in [0.1, 0.15) is 9.79 Å². The molecule has 4 N–H and O–H groups in total. The van der Waals surface area contributed by atoms with Crippen molar-refractivity contribution in [2.75, 3.05) is 20.2 Å². The summed E-state index contributed by atoms with van der Waals surface area (Å²) in [5.41, 5.74) is 2.26. The summed E-state index contributed by atoms with van der Waals surface area (Å²) in [6, 6.07) is 19.1. The van der Waals surface area contributed by atoms with Crippen LogP contribution in [0.15, 0.2) is 81.9 Å². The molecule has 230 valence electrons. The van der Waals surface area contributed by atoms with Crippen LogP contribution in [-0.4, -0.2) is 62.5 Å². The van der Waals surface area contributed by atoms with Crippen LogP contribution < -0.4 is 0 Å². The minimum atomic E-state index is -4.47. The number of benzene rings is 3. The smallest absolute Gasteiger partial charge is 0.319 e. The van der Waals surface area contributed by atoms with Crippen LogP contribution in [-0.2, 0) is 49.2 Å². The van der Waals surface area contributed by atoms with E-state index < -0.39 is 30.0 Å². The number of rotatable bonds is 5. The van der Waals surface area contributed by atoms with Crippen LogP contribution in [0.1, 0.15) is 16.0 Å². The molecule has 2 heterocycles. The van der Waals surface area contributed by atoms with Crippen molar-refractivity contribution in [1.29, 1.82) is 5.26 Å². The number of carbonyl (C=O) groups is 1. The summed E-state index contributed by atoms with van der Waals surface area (Å²) in [5.74, 6) is -0.149. The lowest BCUT2D eigenvalue weighted by Gasteiger charge is -2.25. The zero-order valence-electron chi connectivity index (χ0n) is 22.8. The molecule has 0 fully saturated rings. The average Bonchev–Trinajstić information content (AvgIpc) is 3.41. The first kappa shape index (κ1) is 35.8. The lowest BCUT2D eigenvalue weighted by atomic mass is 10.1. The second-order valence-electron chi connectivity index (χ2n) is 8.89. The zero-order chi connectivity index (χ0) is 30.9. The number of carbonyl (C=O) groups excluding carboxylic acids is 1. The molecule has 11 nitrogen and oxygen atoms in total. The molecule has 5 rings (SSSR count). The van der Waals surface area contributed by atoms with E-state index in [9.17, 15) is 21.6 Å². The first-order valence-electron chi connectivity index (χ1n) is 12.3. The minimum absolute atomic E-state index is 0. The van der Waals surface area contributed by atoms with Gasteiger partial charge in [0.05, 0.1) is 26.1 Å². The molecule has 0 bridgehead atoms. The number of nitriles is 1. The van der Waals surface area contributed by atoms with Crippen molar-refractivity contribution in [3.63, 3.8) is 0 Å². The highest BCUT2D eigenvalue weighted by Crippen LogP contribution is 2.28. The summed E-state index contributed by atoms with van der Waals surface area (Å²) in [6.07, 6.45) is 1.45. The van der Waals surface area contributed by atoms with Gasteiger partial charge in [-0.15, -0.1) is 11.3 Å². The SMILES string of the molecule is COC(=O)CN1CCc2sccc2C1.N#CCc1ccccc1Cl.O.O=S(=O)(O)c1cccc2c(S(=O)(=O)O)cccc12. The van der Waals surface area contributed by atoms with E-state index in [2.05, 4.69) is 21.1 Å². The highest BCUT2D eigenvalue weighted by Gasteiger charge is 2.20. The Bertz CT molecular complexity index is 1750. The molecule has 1 aliphatic heterocycles. The summed E-state index contributed by atoms with van der Waals surface area (Å²) in [4.78, 5) is 13.8. The van der Waals surface area contributed by atoms with Crippen molar-refractivity contribution in [3.05, 3.63) is 93.1 Å². The molecule has 4 aromatic rings. The molecule has 0 amide bonds. The molecule has 0 spiro atoms. The summed E-state index contributed by atoms with van der Waals surface area (Å²) in [7, 11) is -7.50. The molecule has 1 aromatic heterocycles. The molecule has 0 aliphatic carbocycles. The first-order chi connectivity index (χ1) is 19.8. The van der Waals surface area contributed by atoms with Gasteiger partial charge in [-0.2, -0.15) is 22.1 Å².